The summed E-state index contributed by atoms with van der Waals surface area (Å²) in [7, 11) is 0. The Kier molecular flexibility index (Phi) is 7.68. The number of rotatable bonds is 5. The zero-order chi connectivity index (χ0) is 27.7. The number of morpholine rings is 1. The van der Waals surface area contributed by atoms with Gasteiger partial charge in [0.2, 0.25) is 5.91 Å². The molecular formula is C27H33F3N6O3. The third-order valence-electron chi connectivity index (χ3n) is 7.55. The lowest BCUT2D eigenvalue weighted by Gasteiger charge is -2.29. The molecule has 210 valence electrons. The minimum absolute atomic E-state index is 0.0761. The van der Waals surface area contributed by atoms with Gasteiger partial charge in [0.05, 0.1) is 19.3 Å². The summed E-state index contributed by atoms with van der Waals surface area (Å²) >= 11 is 0. The number of carbonyl (C=O) groups excluding carboxylic acids is 2. The van der Waals surface area contributed by atoms with E-state index in [1.807, 2.05) is 31.2 Å². The molecule has 0 bridgehead atoms. The molecule has 3 aliphatic rings. The van der Waals surface area contributed by atoms with Gasteiger partial charge in [-0.1, -0.05) is 6.07 Å². The van der Waals surface area contributed by atoms with E-state index in [-0.39, 0.29) is 19.0 Å². The van der Waals surface area contributed by atoms with Gasteiger partial charge in [0, 0.05) is 44.8 Å². The third kappa shape index (κ3) is 6.27. The van der Waals surface area contributed by atoms with Crippen molar-refractivity contribution in [2.75, 3.05) is 61.1 Å². The summed E-state index contributed by atoms with van der Waals surface area (Å²) in [5.74, 6) is 0.494. The van der Waals surface area contributed by atoms with Crippen LogP contribution in [0.25, 0.3) is 11.1 Å². The topological polar surface area (TPSA) is 104 Å². The lowest BCUT2D eigenvalue weighted by molar-refractivity contribution is -0.143. The molecule has 3 fully saturated rings. The van der Waals surface area contributed by atoms with E-state index in [9.17, 15) is 22.8 Å². The van der Waals surface area contributed by atoms with Crippen molar-refractivity contribution in [1.29, 1.82) is 0 Å². The number of aromatic nitrogens is 1. The van der Waals surface area contributed by atoms with Crippen LogP contribution < -0.4 is 20.9 Å². The van der Waals surface area contributed by atoms with E-state index in [0.717, 1.165) is 22.5 Å². The Hall–Kier alpha value is -3.38. The van der Waals surface area contributed by atoms with Crippen LogP contribution in [0.2, 0.25) is 0 Å². The molecule has 3 amide bonds. The number of ether oxygens (including phenoxy) is 1. The van der Waals surface area contributed by atoms with Crippen LogP contribution in [-0.2, 0) is 9.53 Å². The van der Waals surface area contributed by atoms with E-state index in [1.165, 1.54) is 4.90 Å². The third-order valence-corrected chi connectivity index (χ3v) is 7.55. The second-order valence-electron chi connectivity index (χ2n) is 10.4. The van der Waals surface area contributed by atoms with Gasteiger partial charge in [0.25, 0.3) is 0 Å². The normalized spacial score (nSPS) is 22.1. The second kappa shape index (κ2) is 11.0. The molecule has 0 spiro atoms. The van der Waals surface area contributed by atoms with E-state index in [2.05, 4.69) is 10.2 Å². The standard InChI is InChI=1S/C27H33F3N6O3/c1-17-2-3-20(32-26(38)35-6-4-18(16-35)15-27(28,29)30)14-21(17)19-12-23(34-8-10-39-11-9-34)33-24(13-19)36-7-5-22(31)25(36)37/h2-3,12-14,18,22H,4-11,15-16,31H2,1H3,(H,32,38). The van der Waals surface area contributed by atoms with Gasteiger partial charge in [-0.25, -0.2) is 9.78 Å². The van der Waals surface area contributed by atoms with Gasteiger partial charge < -0.3 is 25.6 Å². The predicted octanol–water partition coefficient (Wildman–Crippen LogP) is 3.76. The van der Waals surface area contributed by atoms with Crippen LogP contribution in [0.3, 0.4) is 0 Å². The highest BCUT2D eigenvalue weighted by Crippen LogP contribution is 2.34. The van der Waals surface area contributed by atoms with Crippen molar-refractivity contribution < 1.29 is 27.5 Å². The summed E-state index contributed by atoms with van der Waals surface area (Å²) in [5.41, 5.74) is 9.13. The number of pyridine rings is 1. The van der Waals surface area contributed by atoms with Crippen LogP contribution in [0.1, 0.15) is 24.8 Å². The number of carbonyl (C=O) groups is 2. The average Bonchev–Trinajstić information content (AvgIpc) is 3.50. The van der Waals surface area contributed by atoms with Crippen molar-refractivity contribution in [1.82, 2.24) is 9.88 Å². The molecular weight excluding hydrogens is 513 g/mol. The lowest BCUT2D eigenvalue weighted by Crippen LogP contribution is -2.38. The van der Waals surface area contributed by atoms with Crippen molar-refractivity contribution in [3.8, 4) is 11.1 Å². The van der Waals surface area contributed by atoms with Crippen LogP contribution in [0.15, 0.2) is 30.3 Å². The van der Waals surface area contributed by atoms with Crippen molar-refractivity contribution in [2.24, 2.45) is 11.7 Å². The summed E-state index contributed by atoms with van der Waals surface area (Å²) in [6, 6.07) is 8.35. The summed E-state index contributed by atoms with van der Waals surface area (Å²) in [6.45, 7) is 5.30. The predicted molar refractivity (Wildman–Crippen MR) is 142 cm³/mol. The van der Waals surface area contributed by atoms with Gasteiger partial charge in [0.1, 0.15) is 11.6 Å². The quantitative estimate of drug-likeness (QED) is 0.592. The number of nitrogens with zero attached hydrogens (tertiary/aromatic N) is 4. The number of nitrogens with one attached hydrogen (secondary N) is 1. The molecule has 39 heavy (non-hydrogen) atoms. The molecule has 2 unspecified atom stereocenters. The molecule has 2 atom stereocenters. The maximum atomic E-state index is 12.9. The molecule has 1 aromatic heterocycles. The minimum atomic E-state index is -4.24. The molecule has 3 saturated heterocycles. The van der Waals surface area contributed by atoms with E-state index in [0.29, 0.717) is 57.2 Å². The van der Waals surface area contributed by atoms with Gasteiger partial charge in [-0.15, -0.1) is 0 Å². The van der Waals surface area contributed by atoms with Crippen LogP contribution in [0.4, 0.5) is 35.3 Å². The van der Waals surface area contributed by atoms with E-state index in [1.54, 1.807) is 11.0 Å². The molecule has 3 N–H and O–H groups in total. The highest BCUT2D eigenvalue weighted by molar-refractivity contribution is 5.99. The fourth-order valence-electron chi connectivity index (χ4n) is 5.40. The van der Waals surface area contributed by atoms with E-state index >= 15 is 0 Å². The molecule has 0 aliphatic carbocycles. The maximum Gasteiger partial charge on any atom is 0.389 e. The molecule has 3 aliphatic heterocycles. The number of amides is 3. The van der Waals surface area contributed by atoms with Crippen LogP contribution in [-0.4, -0.2) is 80.0 Å². The van der Waals surface area contributed by atoms with Gasteiger partial charge in [-0.05, 0) is 66.6 Å². The maximum absolute atomic E-state index is 12.9. The highest BCUT2D eigenvalue weighted by Gasteiger charge is 2.36. The van der Waals surface area contributed by atoms with Crippen molar-refractivity contribution in [2.45, 2.75) is 38.4 Å². The molecule has 2 aromatic rings. The second-order valence-corrected chi connectivity index (χ2v) is 10.4. The first-order chi connectivity index (χ1) is 18.6. The van der Waals surface area contributed by atoms with Crippen molar-refractivity contribution in [3.63, 3.8) is 0 Å². The summed E-state index contributed by atoms with van der Waals surface area (Å²) < 4.78 is 43.8. The molecule has 4 heterocycles. The number of benzene rings is 1. The fourth-order valence-corrected chi connectivity index (χ4v) is 5.40. The SMILES string of the molecule is Cc1ccc(NC(=O)N2CCC(CC(F)(F)F)C2)cc1-c1cc(N2CCOCC2)nc(N2CCC(N)C2=O)c1. The molecule has 0 saturated carbocycles. The number of hydrogen-bond donors (Lipinski definition) is 2. The highest BCUT2D eigenvalue weighted by atomic mass is 19.4. The molecule has 9 nitrogen and oxygen atoms in total. The van der Waals surface area contributed by atoms with E-state index < -0.39 is 30.6 Å². The number of hydrogen-bond acceptors (Lipinski definition) is 6. The lowest BCUT2D eigenvalue weighted by atomic mass is 10.00. The van der Waals surface area contributed by atoms with Gasteiger partial charge >= 0.3 is 12.2 Å². The first-order valence-corrected chi connectivity index (χ1v) is 13.2. The van der Waals surface area contributed by atoms with Crippen LogP contribution in [0, 0.1) is 12.8 Å². The number of aryl methyl sites for hydroxylation is 1. The smallest absolute Gasteiger partial charge is 0.378 e. The number of urea groups is 1. The van der Waals surface area contributed by atoms with E-state index in [4.69, 9.17) is 15.5 Å². The Morgan fingerprint density at radius 1 is 1.10 bits per heavy atom. The fraction of sp³-hybridized carbons (Fsp3) is 0.519. The average molecular weight is 547 g/mol. The Morgan fingerprint density at radius 2 is 1.85 bits per heavy atom. The number of nitrogens with two attached hydrogens (primary N) is 1. The summed E-state index contributed by atoms with van der Waals surface area (Å²) in [6.07, 6.45) is -4.24. The molecule has 12 heteroatoms. The summed E-state index contributed by atoms with van der Waals surface area (Å²) in [5, 5.41) is 2.85. The number of alkyl halides is 3. The molecule has 1 aromatic carbocycles. The summed E-state index contributed by atoms with van der Waals surface area (Å²) in [4.78, 5) is 35.5. The van der Waals surface area contributed by atoms with Crippen LogP contribution in [0.5, 0.6) is 0 Å². The molecule has 0 radical (unpaired) electrons. The Labute approximate surface area is 225 Å². The van der Waals surface area contributed by atoms with Crippen LogP contribution >= 0.6 is 0 Å². The number of anilines is 3. The van der Waals surface area contributed by atoms with Crippen molar-refractivity contribution >= 4 is 29.3 Å². The van der Waals surface area contributed by atoms with Gasteiger partial charge in [-0.2, -0.15) is 13.2 Å². The first-order valence-electron chi connectivity index (χ1n) is 13.2. The zero-order valence-corrected chi connectivity index (χ0v) is 21.8. The number of likely N-dealkylation sites (tertiary alicyclic amines) is 1. The van der Waals surface area contributed by atoms with Gasteiger partial charge in [0.15, 0.2) is 0 Å². The monoisotopic (exact) mass is 546 g/mol. The zero-order valence-electron chi connectivity index (χ0n) is 21.8. The largest absolute Gasteiger partial charge is 0.389 e. The number of halogens is 3. The van der Waals surface area contributed by atoms with Crippen molar-refractivity contribution in [3.05, 3.63) is 35.9 Å². The first kappa shape index (κ1) is 27.2. The minimum Gasteiger partial charge on any atom is -0.378 e. The Balaban J connectivity index is 1.40. The Bertz CT molecular complexity index is 1230. The molecule has 5 rings (SSSR count). The Morgan fingerprint density at radius 3 is 2.54 bits per heavy atom. The van der Waals surface area contributed by atoms with Gasteiger partial charge in [-0.3, -0.25) is 9.69 Å².